The molecule has 1 aromatic heterocycles. The second-order valence-corrected chi connectivity index (χ2v) is 8.64. The number of carbonyl (C=O) groups is 2. The minimum Gasteiger partial charge on any atom is -0.453 e. The highest BCUT2D eigenvalue weighted by Crippen LogP contribution is 2.59. The molecule has 2 aliphatic heterocycles. The van der Waals surface area contributed by atoms with E-state index < -0.39 is 0 Å². The zero-order valence-corrected chi connectivity index (χ0v) is 17.3. The van der Waals surface area contributed by atoms with Crippen LogP contribution < -0.4 is 14.4 Å². The van der Waals surface area contributed by atoms with Gasteiger partial charge < -0.3 is 9.47 Å². The second kappa shape index (κ2) is 6.18. The van der Waals surface area contributed by atoms with Crippen molar-refractivity contribution in [3.8, 4) is 23.0 Å². The van der Waals surface area contributed by atoms with E-state index in [0.29, 0.717) is 27.5 Å². The molecule has 0 fully saturated rings. The molecule has 0 spiro atoms. The number of carbonyl (C=O) groups excluding carboxylic acids is 2. The van der Waals surface area contributed by atoms with Gasteiger partial charge >= 0.3 is 0 Å². The molecule has 3 aromatic carbocycles. The number of Topliss-reactive ketones (excluding diaryl/α,β-unsaturated/α-hetero) is 2. The normalized spacial score (nSPS) is 16.1. The fourth-order valence-electron chi connectivity index (χ4n) is 4.46. The van der Waals surface area contributed by atoms with E-state index in [4.69, 9.17) is 9.47 Å². The molecule has 0 N–H and O–H groups in total. The highest BCUT2D eigenvalue weighted by molar-refractivity contribution is 7.13. The number of hydrogen-bond donors (Lipinski definition) is 0. The van der Waals surface area contributed by atoms with E-state index in [-0.39, 0.29) is 17.1 Å². The lowest BCUT2D eigenvalue weighted by Crippen LogP contribution is -2.20. The highest BCUT2D eigenvalue weighted by atomic mass is 32.1. The van der Waals surface area contributed by atoms with Crippen LogP contribution in [-0.4, -0.2) is 11.6 Å². The van der Waals surface area contributed by atoms with Gasteiger partial charge in [-0.05, 0) is 59.5 Å². The van der Waals surface area contributed by atoms with Crippen molar-refractivity contribution in [3.63, 3.8) is 0 Å². The van der Waals surface area contributed by atoms with Gasteiger partial charge in [-0.3, -0.25) is 14.5 Å². The first-order valence-electron chi connectivity index (χ1n) is 10.1. The van der Waals surface area contributed by atoms with E-state index in [2.05, 4.69) is 4.90 Å². The number of hydrogen-bond acceptors (Lipinski definition) is 6. The summed E-state index contributed by atoms with van der Waals surface area (Å²) in [5.74, 6) is 2.19. The van der Waals surface area contributed by atoms with Gasteiger partial charge in [0, 0.05) is 5.56 Å². The topological polar surface area (TPSA) is 55.8 Å². The second-order valence-electron chi connectivity index (χ2n) is 7.72. The summed E-state index contributed by atoms with van der Waals surface area (Å²) in [6.07, 6.45) is 1.63. The first kappa shape index (κ1) is 17.5. The van der Waals surface area contributed by atoms with Crippen molar-refractivity contribution in [2.75, 3.05) is 4.90 Å². The number of para-hydroxylation sites is 4. The van der Waals surface area contributed by atoms with Gasteiger partial charge in [-0.1, -0.05) is 24.3 Å². The van der Waals surface area contributed by atoms with Crippen molar-refractivity contribution in [2.45, 2.75) is 0 Å². The molecule has 5 nitrogen and oxygen atoms in total. The lowest BCUT2D eigenvalue weighted by molar-refractivity contribution is 0.0991. The van der Waals surface area contributed by atoms with Crippen LogP contribution in [0, 0.1) is 0 Å². The summed E-state index contributed by atoms with van der Waals surface area (Å²) in [4.78, 5) is 28.1. The van der Waals surface area contributed by atoms with Gasteiger partial charge in [0.2, 0.25) is 5.78 Å². The average Bonchev–Trinajstić information content (AvgIpc) is 3.38. The molecule has 6 heteroatoms. The monoisotopic (exact) mass is 435 g/mol. The maximum absolute atomic E-state index is 12.8. The Bertz CT molecular complexity index is 1430. The molecule has 3 aliphatic rings. The van der Waals surface area contributed by atoms with Gasteiger partial charge in [0.25, 0.3) is 0 Å². The summed E-state index contributed by atoms with van der Waals surface area (Å²) in [6.45, 7) is 0. The Kier molecular flexibility index (Phi) is 3.38. The number of nitrogens with zero attached hydrogens (tertiary/aromatic N) is 1. The first-order chi connectivity index (χ1) is 15.7. The van der Waals surface area contributed by atoms with Crippen molar-refractivity contribution < 1.29 is 19.1 Å². The van der Waals surface area contributed by atoms with Crippen LogP contribution in [-0.2, 0) is 0 Å². The largest absolute Gasteiger partial charge is 0.453 e. The van der Waals surface area contributed by atoms with Crippen molar-refractivity contribution in [1.29, 1.82) is 0 Å². The summed E-state index contributed by atoms with van der Waals surface area (Å²) in [5.41, 5.74) is 3.97. The fourth-order valence-corrected chi connectivity index (χ4v) is 5.30. The summed E-state index contributed by atoms with van der Waals surface area (Å²) < 4.78 is 12.5. The molecule has 0 unspecified atom stereocenters. The van der Waals surface area contributed by atoms with Crippen LogP contribution in [0.2, 0.25) is 0 Å². The van der Waals surface area contributed by atoms with E-state index in [1.807, 2.05) is 60.7 Å². The van der Waals surface area contributed by atoms with Gasteiger partial charge in [-0.2, -0.15) is 0 Å². The summed E-state index contributed by atoms with van der Waals surface area (Å²) in [7, 11) is 0. The molecular formula is C26H13NO4S. The smallest absolute Gasteiger partial charge is 0.207 e. The molecule has 0 saturated carbocycles. The molecule has 32 heavy (non-hydrogen) atoms. The first-order valence-corrected chi connectivity index (χ1v) is 11.0. The van der Waals surface area contributed by atoms with Gasteiger partial charge in [0.05, 0.1) is 21.8 Å². The SMILES string of the molecule is O=C1/C(=C\c2cc3c4c(c2)Oc2ccccc2N4c2ccccc2O3)C(=O)c2sccc21. The third-order valence-electron chi connectivity index (χ3n) is 5.85. The minimum atomic E-state index is -0.239. The van der Waals surface area contributed by atoms with E-state index >= 15 is 0 Å². The lowest BCUT2D eigenvalue weighted by atomic mass is 10.0. The maximum Gasteiger partial charge on any atom is 0.207 e. The summed E-state index contributed by atoms with van der Waals surface area (Å²) >= 11 is 1.30. The Balaban J connectivity index is 1.42. The molecule has 152 valence electrons. The predicted octanol–water partition coefficient (Wildman–Crippen LogP) is 6.89. The summed E-state index contributed by atoms with van der Waals surface area (Å²) in [5, 5.41) is 1.77. The number of fused-ring (bicyclic) bond motifs is 5. The standard InChI is InChI=1S/C26H13NO4S/c28-24-15-9-10-32-26(15)25(29)16(24)11-14-12-21-23-22(13-14)31-20-8-4-2-6-18(20)27(23)17-5-1-3-7-19(17)30-21/h1-13H/b16-11+. The number of ketones is 2. The fraction of sp³-hybridized carbons (Fsp3) is 0. The van der Waals surface area contributed by atoms with Crippen LogP contribution >= 0.6 is 11.3 Å². The molecule has 1 aliphatic carbocycles. The Morgan fingerprint density at radius 3 is 2.00 bits per heavy atom. The van der Waals surface area contributed by atoms with Crippen LogP contribution in [0.25, 0.3) is 6.08 Å². The number of ether oxygens (including phenoxy) is 2. The van der Waals surface area contributed by atoms with Crippen molar-refractivity contribution in [3.05, 3.63) is 93.7 Å². The van der Waals surface area contributed by atoms with Gasteiger partial charge in [0.1, 0.15) is 5.69 Å². The van der Waals surface area contributed by atoms with Crippen molar-refractivity contribution in [1.82, 2.24) is 0 Å². The molecule has 3 heterocycles. The molecule has 0 saturated heterocycles. The van der Waals surface area contributed by atoms with Gasteiger partial charge in [-0.15, -0.1) is 11.3 Å². The van der Waals surface area contributed by atoms with Crippen LogP contribution in [0.15, 0.2) is 77.7 Å². The van der Waals surface area contributed by atoms with Crippen LogP contribution in [0.5, 0.6) is 23.0 Å². The number of benzene rings is 3. The number of allylic oxidation sites excluding steroid dienone is 1. The highest BCUT2D eigenvalue weighted by Gasteiger charge is 2.36. The molecule has 0 bridgehead atoms. The van der Waals surface area contributed by atoms with Gasteiger partial charge in [0.15, 0.2) is 28.8 Å². The van der Waals surface area contributed by atoms with E-state index in [1.54, 1.807) is 17.5 Å². The zero-order valence-electron chi connectivity index (χ0n) is 16.5. The molecule has 0 radical (unpaired) electrons. The van der Waals surface area contributed by atoms with E-state index in [9.17, 15) is 9.59 Å². The Morgan fingerprint density at radius 1 is 0.750 bits per heavy atom. The molecular weight excluding hydrogens is 422 g/mol. The zero-order chi connectivity index (χ0) is 21.4. The van der Waals surface area contributed by atoms with E-state index in [1.165, 1.54) is 11.3 Å². The quantitative estimate of drug-likeness (QED) is 0.208. The predicted molar refractivity (Wildman–Crippen MR) is 122 cm³/mol. The third kappa shape index (κ3) is 2.27. The third-order valence-corrected chi connectivity index (χ3v) is 6.77. The molecule has 7 rings (SSSR count). The number of rotatable bonds is 1. The molecule has 0 amide bonds. The Labute approximate surface area is 186 Å². The maximum atomic E-state index is 12.8. The Morgan fingerprint density at radius 2 is 1.38 bits per heavy atom. The minimum absolute atomic E-state index is 0.170. The Hall–Kier alpha value is -4.16. The van der Waals surface area contributed by atoms with Crippen molar-refractivity contribution in [2.24, 2.45) is 0 Å². The van der Waals surface area contributed by atoms with Crippen LogP contribution in [0.4, 0.5) is 17.1 Å². The van der Waals surface area contributed by atoms with Crippen LogP contribution in [0.3, 0.4) is 0 Å². The number of anilines is 3. The van der Waals surface area contributed by atoms with E-state index in [0.717, 1.165) is 28.6 Å². The molecule has 0 atom stereocenters. The summed E-state index contributed by atoms with van der Waals surface area (Å²) in [6, 6.07) is 21.1. The van der Waals surface area contributed by atoms with Gasteiger partial charge in [-0.25, -0.2) is 0 Å². The lowest BCUT2D eigenvalue weighted by Gasteiger charge is -2.37. The number of thiophene rings is 1. The van der Waals surface area contributed by atoms with Crippen molar-refractivity contribution >= 4 is 46.0 Å². The molecule has 4 aromatic rings. The average molecular weight is 435 g/mol. The van der Waals surface area contributed by atoms with Crippen LogP contribution in [0.1, 0.15) is 25.6 Å².